The van der Waals surface area contributed by atoms with E-state index in [1.807, 2.05) is 0 Å². The number of rotatable bonds is 0. The minimum Gasteiger partial charge on any atom is 0 e. The molecular weight excluding hydrogens is 608 g/mol. The van der Waals surface area contributed by atoms with Crippen LogP contribution in [0.5, 0.6) is 0 Å². The third kappa shape index (κ3) is 334. The van der Waals surface area contributed by atoms with Crippen molar-refractivity contribution in [2.75, 3.05) is 0 Å². The van der Waals surface area contributed by atoms with Gasteiger partial charge in [0.15, 0.2) is 0 Å². The van der Waals surface area contributed by atoms with Crippen LogP contribution in [0.1, 0.15) is 0 Å². The minimum absolute atomic E-state index is 0. The van der Waals surface area contributed by atoms with E-state index in [0.29, 0.717) is 10.5 Å². The summed E-state index contributed by atoms with van der Waals surface area (Å²) in [5.74, 6) is 0. The van der Waals surface area contributed by atoms with Crippen molar-refractivity contribution in [1.29, 1.82) is 16.2 Å². The molecule has 0 spiro atoms. The van der Waals surface area contributed by atoms with Gasteiger partial charge in [0.25, 0.3) is 0 Å². The van der Waals surface area contributed by atoms with E-state index in [0.717, 1.165) is 0 Å². The summed E-state index contributed by atoms with van der Waals surface area (Å²) in [7, 11) is 0. The van der Waals surface area contributed by atoms with Crippen LogP contribution in [0.25, 0.3) is 0 Å². The zero-order chi connectivity index (χ0) is 10.7. The van der Waals surface area contributed by atoms with Crippen LogP contribution in [-0.2, 0) is 17.1 Å². The number of nitrogens with one attached hydrogen (secondary N) is 3. The molecule has 0 rings (SSSR count). The van der Waals surface area contributed by atoms with Crippen LogP contribution >= 0.6 is 0 Å². The number of hydrogen-bond acceptors (Lipinski definition) is 3. The molecular formula is C3H3FeN3Se6. The summed E-state index contributed by atoms with van der Waals surface area (Å²) in [5.41, 5.74) is 0. The topological polar surface area (TPSA) is 71.6 Å². The summed E-state index contributed by atoms with van der Waals surface area (Å²) in [5, 5.41) is 19.2. The van der Waals surface area contributed by atoms with Crippen molar-refractivity contribution in [3.8, 4) is 0 Å². The van der Waals surface area contributed by atoms with Crippen molar-refractivity contribution in [1.82, 2.24) is 0 Å². The Morgan fingerprint density at radius 2 is 0.538 bits per heavy atom. The van der Waals surface area contributed by atoms with Gasteiger partial charge in [0.05, 0.1) is 0 Å². The van der Waals surface area contributed by atoms with Gasteiger partial charge in [-0.1, -0.05) is 0 Å². The van der Waals surface area contributed by atoms with E-state index in [2.05, 4.69) is 96.1 Å². The molecule has 0 saturated heterocycles. The maximum absolute atomic E-state index is 6.39. The standard InChI is InChI=1S/3CHNSe2.Fe/c3*2-1(3)4;/h3*2H;. The zero-order valence-corrected chi connectivity index (χ0v) is 17.2. The molecule has 0 aromatic rings. The van der Waals surface area contributed by atoms with Crippen LogP contribution < -0.4 is 0 Å². The van der Waals surface area contributed by atoms with E-state index in [1.54, 1.807) is 0 Å². The smallest absolute Gasteiger partial charge is 0 e. The molecule has 0 aliphatic carbocycles. The summed E-state index contributed by atoms with van der Waals surface area (Å²) in [4.78, 5) is 0. The summed E-state index contributed by atoms with van der Waals surface area (Å²) in [6, 6.07) is 0. The molecule has 74 valence electrons. The Hall–Kier alpha value is 2.65. The van der Waals surface area contributed by atoms with Gasteiger partial charge in [-0.05, 0) is 0 Å². The molecule has 0 heterocycles. The summed E-state index contributed by atoms with van der Waals surface area (Å²) < 4.78 is 1.25. The van der Waals surface area contributed by atoms with Crippen molar-refractivity contribution in [2.24, 2.45) is 0 Å². The van der Waals surface area contributed by atoms with Crippen LogP contribution in [0.4, 0.5) is 0 Å². The fourth-order valence-electron chi connectivity index (χ4n) is 0. The normalized spacial score (nSPS) is 5.54. The molecule has 10 heteroatoms. The van der Waals surface area contributed by atoms with E-state index in [-0.39, 0.29) is 17.1 Å². The van der Waals surface area contributed by atoms with E-state index in [4.69, 9.17) is 16.2 Å². The van der Waals surface area contributed by atoms with Crippen LogP contribution in [0, 0.1) is 16.2 Å². The maximum Gasteiger partial charge on any atom is 0 e. The van der Waals surface area contributed by atoms with Crippen molar-refractivity contribution in [2.45, 2.75) is 0 Å². The van der Waals surface area contributed by atoms with E-state index < -0.39 is 0 Å². The van der Waals surface area contributed by atoms with Gasteiger partial charge in [0.2, 0.25) is 0 Å². The molecule has 0 bridgehead atoms. The summed E-state index contributed by atoms with van der Waals surface area (Å²) >= 11 is 14.6. The summed E-state index contributed by atoms with van der Waals surface area (Å²) in [6.45, 7) is 0. The molecule has 0 aliphatic rings. The largest absolute Gasteiger partial charge is 0 e. The van der Waals surface area contributed by atoms with Crippen molar-refractivity contribution < 1.29 is 17.1 Å². The third-order valence-electron chi connectivity index (χ3n) is 0. The molecule has 0 amide bonds. The molecule has 0 atom stereocenters. The van der Waals surface area contributed by atoms with E-state index >= 15 is 0 Å². The fraction of sp³-hybridized carbons (Fsp3) is 0. The second-order valence-electron chi connectivity index (χ2n) is 0.862. The second kappa shape index (κ2) is 20.1. The van der Waals surface area contributed by atoms with Gasteiger partial charge in [-0.25, -0.2) is 0 Å². The van der Waals surface area contributed by atoms with Gasteiger partial charge in [-0.3, -0.25) is 0 Å². The van der Waals surface area contributed by atoms with Crippen LogP contribution in [-0.4, -0.2) is 107 Å². The zero-order valence-electron chi connectivity index (χ0n) is 5.80. The first-order chi connectivity index (χ1) is 5.20. The first-order valence-electron chi connectivity index (χ1n) is 1.97. The molecule has 0 aromatic carbocycles. The first kappa shape index (κ1) is 24.7. The first-order valence-corrected chi connectivity index (χ1v) is 7.11. The van der Waals surface area contributed by atoms with Crippen molar-refractivity contribution in [3.63, 3.8) is 0 Å². The number of hydrogen-bond donors (Lipinski definition) is 3. The molecule has 13 heavy (non-hydrogen) atoms. The van der Waals surface area contributed by atoms with Gasteiger partial charge >= 0.3 is 123 Å². The molecule has 0 unspecified atom stereocenters. The SMILES string of the molecule is N=C([Se])[Se].N=C([Se])[Se].N=C([Se])[Se].[Fe]. The third-order valence-corrected chi connectivity index (χ3v) is 0. The monoisotopic (exact) mass is 616 g/mol. The molecule has 3 nitrogen and oxygen atoms in total. The van der Waals surface area contributed by atoms with Gasteiger partial charge < -0.3 is 0 Å². The Bertz CT molecular complexity index is 121. The van der Waals surface area contributed by atoms with Crippen LogP contribution in [0.15, 0.2) is 0 Å². The van der Waals surface area contributed by atoms with Crippen LogP contribution in [0.2, 0.25) is 0 Å². The van der Waals surface area contributed by atoms with Gasteiger partial charge in [0.1, 0.15) is 0 Å². The predicted octanol–water partition coefficient (Wildman–Crippen LogP) is -2.23. The summed E-state index contributed by atoms with van der Waals surface area (Å²) in [6.07, 6.45) is 0. The quantitative estimate of drug-likeness (QED) is 0.206. The molecule has 0 fully saturated rings. The Morgan fingerprint density at radius 1 is 0.538 bits per heavy atom. The predicted molar refractivity (Wildman–Crippen MR) is 57.7 cm³/mol. The fourth-order valence-corrected chi connectivity index (χ4v) is 0. The molecule has 6 radical (unpaired) electrons. The molecule has 0 saturated carbocycles. The maximum atomic E-state index is 6.39. The van der Waals surface area contributed by atoms with Gasteiger partial charge in [-0.15, -0.1) is 0 Å². The van der Waals surface area contributed by atoms with Gasteiger partial charge in [-0.2, -0.15) is 0 Å². The second-order valence-corrected chi connectivity index (χ2v) is 9.93. The van der Waals surface area contributed by atoms with E-state index in [1.165, 1.54) is 0 Å². The average Bonchev–Trinajstić information content (AvgIpc) is 1.54. The van der Waals surface area contributed by atoms with E-state index in [9.17, 15) is 0 Å². The van der Waals surface area contributed by atoms with Crippen LogP contribution in [0.3, 0.4) is 0 Å². The van der Waals surface area contributed by atoms with Gasteiger partial charge in [0, 0.05) is 17.1 Å². The molecule has 3 N–H and O–H groups in total. The average molecular weight is 611 g/mol. The van der Waals surface area contributed by atoms with Crippen molar-refractivity contribution >= 4 is 107 Å². The Morgan fingerprint density at radius 3 is 0.538 bits per heavy atom. The Balaban J connectivity index is -0.0000000450. The Kier molecular flexibility index (Phi) is 38.3. The minimum atomic E-state index is 0. The Labute approximate surface area is 138 Å². The molecule has 0 aliphatic heterocycles. The van der Waals surface area contributed by atoms with Crippen molar-refractivity contribution in [3.05, 3.63) is 0 Å². The molecule has 0 aromatic heterocycles.